The summed E-state index contributed by atoms with van der Waals surface area (Å²) in [4.78, 5) is 13.4. The smallest absolute Gasteiger partial charge is 0.241 e. The van der Waals surface area contributed by atoms with Crippen LogP contribution in [-0.2, 0) is 11.2 Å². The van der Waals surface area contributed by atoms with Crippen LogP contribution in [0.4, 0.5) is 5.95 Å². The topological polar surface area (TPSA) is 81.6 Å². The van der Waals surface area contributed by atoms with Crippen LogP contribution in [0.3, 0.4) is 0 Å². The number of anilines is 1. The van der Waals surface area contributed by atoms with Crippen LogP contribution in [0.1, 0.15) is 32.4 Å². The molecular formula is C20H23N7O. The average molecular weight is 377 g/mol. The van der Waals surface area contributed by atoms with Crippen molar-refractivity contribution in [3.05, 3.63) is 42.7 Å². The van der Waals surface area contributed by atoms with E-state index in [2.05, 4.69) is 38.5 Å². The summed E-state index contributed by atoms with van der Waals surface area (Å²) in [6.07, 6.45) is 12.9. The van der Waals surface area contributed by atoms with Gasteiger partial charge in [-0.25, -0.2) is 19.5 Å². The molecule has 28 heavy (non-hydrogen) atoms. The highest BCUT2D eigenvalue weighted by Crippen LogP contribution is 2.27. The van der Waals surface area contributed by atoms with E-state index in [9.17, 15) is 0 Å². The Balaban J connectivity index is 1.41. The Morgan fingerprint density at radius 3 is 2.82 bits per heavy atom. The number of nitrogens with zero attached hydrogens (tertiary/aromatic N) is 6. The van der Waals surface area contributed by atoms with Crippen molar-refractivity contribution < 1.29 is 4.74 Å². The molecule has 144 valence electrons. The monoisotopic (exact) mass is 377 g/mol. The van der Waals surface area contributed by atoms with Crippen LogP contribution in [0, 0.1) is 0 Å². The number of ether oxygens (including phenoxy) is 1. The Bertz CT molecular complexity index is 1130. The molecule has 0 spiro atoms. The molecule has 1 aliphatic rings. The molecule has 8 nitrogen and oxygen atoms in total. The number of hydrogen-bond acceptors (Lipinski definition) is 6. The molecule has 1 N–H and O–H groups in total. The average Bonchev–Trinajstić information content (AvgIpc) is 3.29. The quantitative estimate of drug-likeness (QED) is 0.556. The first kappa shape index (κ1) is 17.1. The van der Waals surface area contributed by atoms with E-state index >= 15 is 0 Å². The molecule has 4 aromatic heterocycles. The van der Waals surface area contributed by atoms with E-state index in [4.69, 9.17) is 4.74 Å². The van der Waals surface area contributed by atoms with Crippen LogP contribution in [-0.4, -0.2) is 47.7 Å². The Kier molecular flexibility index (Phi) is 4.20. The molecule has 0 bridgehead atoms. The molecule has 4 aromatic rings. The van der Waals surface area contributed by atoms with Crippen molar-refractivity contribution in [1.82, 2.24) is 29.0 Å². The molecule has 0 atom stereocenters. The summed E-state index contributed by atoms with van der Waals surface area (Å²) >= 11 is 0. The van der Waals surface area contributed by atoms with Gasteiger partial charge in [-0.2, -0.15) is 0 Å². The molecule has 0 aromatic carbocycles. The minimum atomic E-state index is 0.364. The Morgan fingerprint density at radius 2 is 2.00 bits per heavy atom. The lowest BCUT2D eigenvalue weighted by Crippen LogP contribution is -2.41. The van der Waals surface area contributed by atoms with Gasteiger partial charge >= 0.3 is 0 Å². The third-order valence-electron chi connectivity index (χ3n) is 5.36. The molecule has 0 unspecified atom stereocenters. The predicted molar refractivity (Wildman–Crippen MR) is 106 cm³/mol. The highest BCUT2D eigenvalue weighted by molar-refractivity contribution is 5.79. The van der Waals surface area contributed by atoms with Crippen molar-refractivity contribution in [2.24, 2.45) is 0 Å². The largest absolute Gasteiger partial charge is 0.378 e. The fourth-order valence-electron chi connectivity index (χ4n) is 3.77. The molecule has 1 fully saturated rings. The fourth-order valence-corrected chi connectivity index (χ4v) is 3.77. The van der Waals surface area contributed by atoms with Gasteiger partial charge in [-0.3, -0.25) is 4.40 Å². The number of fused-ring (bicyclic) bond motifs is 2. The van der Waals surface area contributed by atoms with Crippen molar-refractivity contribution in [1.29, 1.82) is 0 Å². The van der Waals surface area contributed by atoms with Crippen LogP contribution in [0.5, 0.6) is 0 Å². The molecule has 0 radical (unpaired) electrons. The van der Waals surface area contributed by atoms with Crippen molar-refractivity contribution in [2.45, 2.75) is 45.3 Å². The first-order valence-electron chi connectivity index (χ1n) is 9.80. The van der Waals surface area contributed by atoms with Gasteiger partial charge in [0.05, 0.1) is 24.0 Å². The third kappa shape index (κ3) is 2.90. The molecular weight excluding hydrogens is 354 g/mol. The van der Waals surface area contributed by atoms with Gasteiger partial charge in [0, 0.05) is 48.1 Å². The van der Waals surface area contributed by atoms with Gasteiger partial charge in [0.1, 0.15) is 0 Å². The summed E-state index contributed by atoms with van der Waals surface area (Å²) < 4.78 is 9.52. The van der Waals surface area contributed by atoms with Crippen LogP contribution in [0.25, 0.3) is 22.4 Å². The maximum Gasteiger partial charge on any atom is 0.241 e. The van der Waals surface area contributed by atoms with Crippen LogP contribution >= 0.6 is 0 Å². The lowest BCUT2D eigenvalue weighted by Gasteiger charge is -2.35. The summed E-state index contributed by atoms with van der Waals surface area (Å²) in [5.74, 6) is 1.36. The van der Waals surface area contributed by atoms with Crippen LogP contribution < -0.4 is 5.32 Å². The zero-order chi connectivity index (χ0) is 19.1. The SMILES string of the molecule is CCOC1CC(Nc2ncc3c(-c4cnc5ncc(CC)n5c4)ccn3n2)C1. The van der Waals surface area contributed by atoms with Crippen LogP contribution in [0.2, 0.25) is 0 Å². The molecule has 4 heterocycles. The Labute approximate surface area is 162 Å². The van der Waals surface area contributed by atoms with Gasteiger partial charge in [0.2, 0.25) is 11.7 Å². The molecule has 0 amide bonds. The standard InChI is InChI=1S/C20H23N7O/c1-3-15-10-23-20-22-9-13(12-26(15)20)17-5-6-27-18(17)11-21-19(25-27)24-14-7-16(8-14)28-4-2/h5-6,9-12,14,16H,3-4,7-8H2,1-2H3,(H,24,25). The van der Waals surface area contributed by atoms with Gasteiger partial charge < -0.3 is 10.1 Å². The van der Waals surface area contributed by atoms with E-state index in [-0.39, 0.29) is 0 Å². The van der Waals surface area contributed by atoms with Crippen LogP contribution in [0.15, 0.2) is 37.1 Å². The van der Waals surface area contributed by atoms with Gasteiger partial charge in [-0.15, -0.1) is 5.10 Å². The third-order valence-corrected chi connectivity index (χ3v) is 5.36. The van der Waals surface area contributed by atoms with E-state index < -0.39 is 0 Å². The fraction of sp³-hybridized carbons (Fsp3) is 0.400. The number of imidazole rings is 1. The second-order valence-corrected chi connectivity index (χ2v) is 7.15. The number of nitrogens with one attached hydrogen (secondary N) is 1. The minimum Gasteiger partial charge on any atom is -0.378 e. The summed E-state index contributed by atoms with van der Waals surface area (Å²) in [6, 6.07) is 2.43. The first-order chi connectivity index (χ1) is 13.7. The second-order valence-electron chi connectivity index (χ2n) is 7.15. The summed E-state index contributed by atoms with van der Waals surface area (Å²) in [5.41, 5.74) is 4.16. The van der Waals surface area contributed by atoms with Gasteiger partial charge in [0.25, 0.3) is 0 Å². The minimum absolute atomic E-state index is 0.364. The first-order valence-corrected chi connectivity index (χ1v) is 9.80. The number of rotatable bonds is 6. The van der Waals surface area contributed by atoms with Crippen molar-refractivity contribution in [3.63, 3.8) is 0 Å². The molecule has 5 rings (SSSR count). The zero-order valence-corrected chi connectivity index (χ0v) is 16.0. The molecule has 8 heteroatoms. The number of hydrogen-bond donors (Lipinski definition) is 1. The van der Waals surface area contributed by atoms with Crippen molar-refractivity contribution in [3.8, 4) is 11.1 Å². The van der Waals surface area contributed by atoms with E-state index in [0.29, 0.717) is 18.1 Å². The van der Waals surface area contributed by atoms with Crippen molar-refractivity contribution in [2.75, 3.05) is 11.9 Å². The molecule has 1 aliphatic carbocycles. The Hall–Kier alpha value is -3.00. The maximum absolute atomic E-state index is 5.61. The van der Waals surface area contributed by atoms with E-state index in [1.165, 1.54) is 0 Å². The van der Waals surface area contributed by atoms with E-state index in [1.54, 1.807) is 0 Å². The highest BCUT2D eigenvalue weighted by Gasteiger charge is 2.30. The Morgan fingerprint density at radius 1 is 1.14 bits per heavy atom. The van der Waals surface area contributed by atoms with Gasteiger partial charge in [-0.1, -0.05) is 6.92 Å². The number of aromatic nitrogens is 6. The molecule has 1 saturated carbocycles. The molecule has 0 aliphatic heterocycles. The van der Waals surface area contributed by atoms with Gasteiger partial charge in [-0.05, 0) is 32.3 Å². The van der Waals surface area contributed by atoms with E-state index in [1.807, 2.05) is 46.7 Å². The highest BCUT2D eigenvalue weighted by atomic mass is 16.5. The predicted octanol–water partition coefficient (Wildman–Crippen LogP) is 2.98. The lowest BCUT2D eigenvalue weighted by molar-refractivity contribution is 0.00283. The van der Waals surface area contributed by atoms with E-state index in [0.717, 1.165) is 54.0 Å². The van der Waals surface area contributed by atoms with Gasteiger partial charge in [0.15, 0.2) is 0 Å². The zero-order valence-electron chi connectivity index (χ0n) is 16.0. The maximum atomic E-state index is 5.61. The lowest BCUT2D eigenvalue weighted by atomic mass is 9.89. The summed E-state index contributed by atoms with van der Waals surface area (Å²) in [5, 5.41) is 8.01. The summed E-state index contributed by atoms with van der Waals surface area (Å²) in [7, 11) is 0. The summed E-state index contributed by atoms with van der Waals surface area (Å²) in [6.45, 7) is 4.92. The van der Waals surface area contributed by atoms with Crippen molar-refractivity contribution >= 4 is 17.2 Å². The molecule has 0 saturated heterocycles. The second kappa shape index (κ2) is 6.87. The number of aryl methyl sites for hydroxylation is 1. The normalized spacial score (nSPS) is 19.2.